The SMILES string of the molecule is O=S(=O)([O-])C(F)(F)F.[Ce+3]. The Bertz CT molecular complexity index is 168. The number of hydrogen-bond donors (Lipinski definition) is 0. The molecule has 0 aliphatic rings. The van der Waals surface area contributed by atoms with Gasteiger partial charge >= 0.3 is 47.3 Å². The first-order valence-corrected chi connectivity index (χ1v) is 2.68. The maximum Gasteiger partial charge on any atom is 3.00 e. The van der Waals surface area contributed by atoms with Crippen LogP contribution in [-0.2, 0) is 10.1 Å². The van der Waals surface area contributed by atoms with Crippen molar-refractivity contribution >= 4 is 10.1 Å². The summed E-state index contributed by atoms with van der Waals surface area (Å²) in [4.78, 5) is 0. The van der Waals surface area contributed by atoms with Crippen molar-refractivity contribution in [1.29, 1.82) is 0 Å². The minimum atomic E-state index is -6.09. The van der Waals surface area contributed by atoms with Crippen molar-refractivity contribution in [1.82, 2.24) is 0 Å². The van der Waals surface area contributed by atoms with Gasteiger partial charge in [0.2, 0.25) is 0 Å². The maximum atomic E-state index is 10.7. The zero-order valence-corrected chi connectivity index (χ0v) is 7.72. The fourth-order valence-corrected chi connectivity index (χ4v) is 0. The van der Waals surface area contributed by atoms with Crippen LogP contribution in [0.15, 0.2) is 0 Å². The van der Waals surface area contributed by atoms with E-state index in [9.17, 15) is 13.2 Å². The summed E-state index contributed by atoms with van der Waals surface area (Å²) in [6.07, 6.45) is 0. The predicted molar refractivity (Wildman–Crippen MR) is 15.8 cm³/mol. The Labute approximate surface area is 82.7 Å². The number of rotatable bonds is 0. The van der Waals surface area contributed by atoms with E-state index in [2.05, 4.69) is 0 Å². The third-order valence-corrected chi connectivity index (χ3v) is 0.850. The summed E-state index contributed by atoms with van der Waals surface area (Å²) < 4.78 is 58.9. The van der Waals surface area contributed by atoms with Crippen LogP contribution in [0.1, 0.15) is 0 Å². The molecule has 0 unspecified atom stereocenters. The molecule has 9 heavy (non-hydrogen) atoms. The second kappa shape index (κ2) is 3.46. The van der Waals surface area contributed by atoms with Crippen LogP contribution in [0.25, 0.3) is 0 Å². The van der Waals surface area contributed by atoms with Gasteiger partial charge in [-0.15, -0.1) is 0 Å². The van der Waals surface area contributed by atoms with Crippen molar-refractivity contribution in [3.05, 3.63) is 0 Å². The Kier molecular flexibility index (Phi) is 4.90. The second-order valence-electron chi connectivity index (χ2n) is 0.900. The number of hydrogen-bond acceptors (Lipinski definition) is 3. The quantitative estimate of drug-likeness (QED) is 0.468. The summed E-state index contributed by atoms with van der Waals surface area (Å²) in [5, 5.41) is 0. The molecule has 0 spiro atoms. The third-order valence-electron chi connectivity index (χ3n) is 0.283. The molecular weight excluding hydrogens is 289 g/mol. The first kappa shape index (κ1) is 12.7. The van der Waals surface area contributed by atoms with Crippen LogP contribution in [-0.4, -0.2) is 18.5 Å². The van der Waals surface area contributed by atoms with Gasteiger partial charge in [0.25, 0.3) is 0 Å². The molecule has 0 amide bonds. The summed E-state index contributed by atoms with van der Waals surface area (Å²) in [5.74, 6) is 0. The van der Waals surface area contributed by atoms with E-state index in [0.29, 0.717) is 0 Å². The van der Waals surface area contributed by atoms with Gasteiger partial charge in [-0.2, -0.15) is 13.2 Å². The van der Waals surface area contributed by atoms with Crippen LogP contribution < -0.4 is 0 Å². The monoisotopic (exact) mass is 289 g/mol. The van der Waals surface area contributed by atoms with Crippen molar-refractivity contribution in [2.24, 2.45) is 0 Å². The van der Waals surface area contributed by atoms with Gasteiger partial charge in [0.1, 0.15) is 0 Å². The average molecular weight is 289 g/mol. The molecule has 0 saturated carbocycles. The molecule has 0 atom stereocenters. The van der Waals surface area contributed by atoms with E-state index in [1.54, 1.807) is 0 Å². The molecule has 0 aromatic carbocycles. The number of alkyl halides is 3. The third kappa shape index (κ3) is 4.48. The first-order chi connectivity index (χ1) is 3.25. The van der Waals surface area contributed by atoms with Crippen molar-refractivity contribution < 1.29 is 67.9 Å². The van der Waals surface area contributed by atoms with Gasteiger partial charge in [-0.1, -0.05) is 0 Å². The average Bonchev–Trinajstić information content (AvgIpc) is 1.25. The first-order valence-electron chi connectivity index (χ1n) is 1.27. The Morgan fingerprint density at radius 2 is 1.33 bits per heavy atom. The standard InChI is InChI=1S/CHF3O3S.Ce/c2-1(3,4)8(5,6)7;/h(H,5,6,7);/q;+3/p-1. The Morgan fingerprint density at radius 3 is 1.33 bits per heavy atom. The molecule has 0 heterocycles. The molecule has 0 N–H and O–H groups in total. The molecule has 0 saturated heterocycles. The summed E-state index contributed by atoms with van der Waals surface area (Å²) in [6, 6.07) is 0. The largest absolute Gasteiger partial charge is 3.00 e. The molecule has 0 aliphatic carbocycles. The van der Waals surface area contributed by atoms with Crippen LogP contribution in [0.4, 0.5) is 13.2 Å². The number of halogens is 3. The summed E-state index contributed by atoms with van der Waals surface area (Å²) in [5.41, 5.74) is -5.65. The van der Waals surface area contributed by atoms with Gasteiger partial charge in [-0.25, -0.2) is 8.42 Å². The van der Waals surface area contributed by atoms with E-state index < -0.39 is 15.6 Å². The van der Waals surface area contributed by atoms with Crippen LogP contribution in [0.2, 0.25) is 0 Å². The minimum absolute atomic E-state index is 0. The van der Waals surface area contributed by atoms with Crippen molar-refractivity contribution in [2.45, 2.75) is 5.51 Å². The van der Waals surface area contributed by atoms with E-state index in [1.165, 1.54) is 0 Å². The molecule has 8 heteroatoms. The molecule has 0 aromatic rings. The molecule has 0 aliphatic heterocycles. The van der Waals surface area contributed by atoms with Gasteiger partial charge in [0, 0.05) is 0 Å². The summed E-state index contributed by atoms with van der Waals surface area (Å²) in [7, 11) is -6.09. The van der Waals surface area contributed by atoms with Crippen molar-refractivity contribution in [2.75, 3.05) is 0 Å². The summed E-state index contributed by atoms with van der Waals surface area (Å²) in [6.45, 7) is 0. The Balaban J connectivity index is 0. The van der Waals surface area contributed by atoms with E-state index in [0.717, 1.165) is 0 Å². The molecule has 0 fully saturated rings. The van der Waals surface area contributed by atoms with Gasteiger partial charge in [-0.3, -0.25) is 0 Å². The van der Waals surface area contributed by atoms with E-state index in [4.69, 9.17) is 13.0 Å². The maximum absolute atomic E-state index is 10.7. The van der Waals surface area contributed by atoms with Crippen LogP contribution >= 0.6 is 0 Å². The van der Waals surface area contributed by atoms with Crippen LogP contribution in [0.3, 0.4) is 0 Å². The zero-order chi connectivity index (χ0) is 7.00. The van der Waals surface area contributed by atoms with Gasteiger partial charge in [0.05, 0.1) is 0 Å². The molecule has 0 bridgehead atoms. The van der Waals surface area contributed by atoms with Crippen molar-refractivity contribution in [3.63, 3.8) is 0 Å². The van der Waals surface area contributed by atoms with Crippen LogP contribution in [0.5, 0.6) is 0 Å². The molecule has 3 nitrogen and oxygen atoms in total. The van der Waals surface area contributed by atoms with E-state index in [1.807, 2.05) is 0 Å². The van der Waals surface area contributed by atoms with E-state index in [-0.39, 0.29) is 41.7 Å². The molecule has 1 radical (unpaired) electrons. The normalized spacial score (nSPS) is 12.4. The molecule has 0 rings (SSSR count). The van der Waals surface area contributed by atoms with Gasteiger partial charge < -0.3 is 4.55 Å². The van der Waals surface area contributed by atoms with Crippen LogP contribution in [0, 0.1) is 41.7 Å². The smallest absolute Gasteiger partial charge is 0.741 e. The molecule has 0 aromatic heterocycles. The van der Waals surface area contributed by atoms with Gasteiger partial charge in [-0.05, 0) is 0 Å². The van der Waals surface area contributed by atoms with E-state index >= 15 is 0 Å². The minimum Gasteiger partial charge on any atom is -0.741 e. The fourth-order valence-electron chi connectivity index (χ4n) is 0. The zero-order valence-electron chi connectivity index (χ0n) is 3.77. The Hall–Kier alpha value is 1.08. The second-order valence-corrected chi connectivity index (χ2v) is 2.27. The Morgan fingerprint density at radius 1 is 1.22 bits per heavy atom. The molecule has 51 valence electrons. The van der Waals surface area contributed by atoms with Gasteiger partial charge in [0.15, 0.2) is 10.1 Å². The topological polar surface area (TPSA) is 57.2 Å². The van der Waals surface area contributed by atoms with Crippen molar-refractivity contribution in [3.8, 4) is 0 Å². The molecular formula is CCeF3O3S+2. The summed E-state index contributed by atoms with van der Waals surface area (Å²) >= 11 is 0. The fraction of sp³-hybridized carbons (Fsp3) is 1.00. The predicted octanol–water partition coefficient (Wildman–Crippen LogP) is 0.0514.